The smallest absolute Gasteiger partial charge is 0.152 e. The Morgan fingerprint density at radius 3 is 2.56 bits per heavy atom. The Labute approximate surface area is 98.9 Å². The van der Waals surface area contributed by atoms with E-state index in [0.29, 0.717) is 16.3 Å². The van der Waals surface area contributed by atoms with E-state index in [1.54, 1.807) is 18.3 Å². The van der Waals surface area contributed by atoms with Crippen molar-refractivity contribution in [3.8, 4) is 11.3 Å². The fourth-order valence-corrected chi connectivity index (χ4v) is 1.66. The zero-order valence-electron chi connectivity index (χ0n) is 8.77. The van der Waals surface area contributed by atoms with Crippen LogP contribution in [0.1, 0.15) is 15.9 Å². The van der Waals surface area contributed by atoms with Crippen LogP contribution in [0.25, 0.3) is 11.3 Å². The van der Waals surface area contributed by atoms with E-state index in [0.717, 1.165) is 17.4 Å². The Bertz CT molecular complexity index is 520. The Hall–Kier alpha value is -1.67. The van der Waals surface area contributed by atoms with E-state index in [-0.39, 0.29) is 0 Å². The molecular formula is C13H10ClNO. The van der Waals surface area contributed by atoms with E-state index in [1.807, 2.05) is 25.1 Å². The average molecular weight is 232 g/mol. The predicted octanol–water partition coefficient (Wildman–Crippen LogP) is 3.52. The van der Waals surface area contributed by atoms with Gasteiger partial charge in [0, 0.05) is 22.3 Å². The highest BCUT2D eigenvalue weighted by Gasteiger charge is 2.06. The molecule has 0 aliphatic carbocycles. The molecule has 0 aliphatic heterocycles. The molecule has 0 bridgehead atoms. The maximum atomic E-state index is 11.0. The maximum absolute atomic E-state index is 11.0. The van der Waals surface area contributed by atoms with Gasteiger partial charge in [0.1, 0.15) is 0 Å². The number of carbonyl (C=O) groups is 1. The van der Waals surface area contributed by atoms with Crippen molar-refractivity contribution in [2.45, 2.75) is 6.92 Å². The number of aldehydes is 1. The molecule has 1 heterocycles. The number of hydrogen-bond acceptors (Lipinski definition) is 2. The summed E-state index contributed by atoms with van der Waals surface area (Å²) in [5, 5.41) is 0.670. The number of halogens is 1. The summed E-state index contributed by atoms with van der Waals surface area (Å²) in [7, 11) is 0. The van der Waals surface area contributed by atoms with Gasteiger partial charge in [-0.1, -0.05) is 23.7 Å². The summed E-state index contributed by atoms with van der Waals surface area (Å²) >= 11 is 5.81. The molecule has 2 rings (SSSR count). The number of hydrogen-bond donors (Lipinski definition) is 0. The monoisotopic (exact) mass is 231 g/mol. The first-order chi connectivity index (χ1) is 7.70. The average Bonchev–Trinajstić information content (AvgIpc) is 2.30. The van der Waals surface area contributed by atoms with Crippen LogP contribution in [0.2, 0.25) is 5.02 Å². The highest BCUT2D eigenvalue weighted by atomic mass is 35.5. The molecule has 3 heteroatoms. The topological polar surface area (TPSA) is 30.0 Å². The summed E-state index contributed by atoms with van der Waals surface area (Å²) in [5.41, 5.74) is 3.16. The highest BCUT2D eigenvalue weighted by Crippen LogP contribution is 2.22. The molecule has 1 aromatic carbocycles. The third kappa shape index (κ3) is 2.12. The molecule has 0 aliphatic rings. The number of nitrogens with zero attached hydrogens (tertiary/aromatic N) is 1. The van der Waals surface area contributed by atoms with Gasteiger partial charge in [-0.15, -0.1) is 0 Å². The lowest BCUT2D eigenvalue weighted by atomic mass is 10.1. The fraction of sp³-hybridized carbons (Fsp3) is 0.0769. The van der Waals surface area contributed by atoms with E-state index in [1.165, 1.54) is 0 Å². The third-order valence-corrected chi connectivity index (χ3v) is 2.55. The summed E-state index contributed by atoms with van der Waals surface area (Å²) in [4.78, 5) is 15.2. The van der Waals surface area contributed by atoms with E-state index >= 15 is 0 Å². The highest BCUT2D eigenvalue weighted by molar-refractivity contribution is 6.30. The van der Waals surface area contributed by atoms with Crippen molar-refractivity contribution in [2.75, 3.05) is 0 Å². The lowest BCUT2D eigenvalue weighted by molar-refractivity contribution is 0.112. The number of pyridine rings is 1. The molecule has 0 N–H and O–H groups in total. The number of benzene rings is 1. The minimum Gasteiger partial charge on any atom is -0.298 e. The number of aryl methyl sites for hydroxylation is 1. The number of aromatic nitrogens is 1. The van der Waals surface area contributed by atoms with Crippen molar-refractivity contribution in [3.63, 3.8) is 0 Å². The van der Waals surface area contributed by atoms with Gasteiger partial charge in [-0.2, -0.15) is 0 Å². The van der Waals surface area contributed by atoms with Gasteiger partial charge in [0.05, 0.1) is 5.69 Å². The van der Waals surface area contributed by atoms with Crippen LogP contribution >= 0.6 is 11.6 Å². The summed E-state index contributed by atoms with van der Waals surface area (Å²) < 4.78 is 0. The van der Waals surface area contributed by atoms with Gasteiger partial charge in [0.15, 0.2) is 6.29 Å². The standard InChI is InChI=1S/C13H10ClNO/c1-9-6-11(8-16)13(15-7-9)10-2-4-12(14)5-3-10/h2-8H,1H3. The minimum absolute atomic E-state index is 0.599. The molecule has 0 saturated carbocycles. The van der Waals surface area contributed by atoms with Gasteiger partial charge < -0.3 is 0 Å². The van der Waals surface area contributed by atoms with Gasteiger partial charge in [-0.3, -0.25) is 9.78 Å². The minimum atomic E-state index is 0.599. The van der Waals surface area contributed by atoms with Crippen LogP contribution in [0.5, 0.6) is 0 Å². The molecule has 0 radical (unpaired) electrons. The summed E-state index contributed by atoms with van der Waals surface area (Å²) in [6, 6.07) is 9.10. The van der Waals surface area contributed by atoms with E-state index < -0.39 is 0 Å². The van der Waals surface area contributed by atoms with Gasteiger partial charge >= 0.3 is 0 Å². The molecule has 1 aromatic heterocycles. The normalized spacial score (nSPS) is 10.1. The first-order valence-electron chi connectivity index (χ1n) is 4.88. The Balaban J connectivity index is 2.55. The third-order valence-electron chi connectivity index (χ3n) is 2.30. The van der Waals surface area contributed by atoms with Crippen molar-refractivity contribution in [2.24, 2.45) is 0 Å². The predicted molar refractivity (Wildman–Crippen MR) is 64.8 cm³/mol. The van der Waals surface area contributed by atoms with Crippen molar-refractivity contribution in [3.05, 3.63) is 52.7 Å². The zero-order valence-corrected chi connectivity index (χ0v) is 9.53. The van der Waals surface area contributed by atoms with E-state index in [9.17, 15) is 4.79 Å². The summed E-state index contributed by atoms with van der Waals surface area (Å²) in [6.07, 6.45) is 2.57. The van der Waals surface area contributed by atoms with Crippen molar-refractivity contribution in [1.82, 2.24) is 4.98 Å². The molecule has 0 unspecified atom stereocenters. The van der Waals surface area contributed by atoms with E-state index in [4.69, 9.17) is 11.6 Å². The van der Waals surface area contributed by atoms with Crippen molar-refractivity contribution >= 4 is 17.9 Å². The van der Waals surface area contributed by atoms with Crippen LogP contribution in [-0.4, -0.2) is 11.3 Å². The SMILES string of the molecule is Cc1cnc(-c2ccc(Cl)cc2)c(C=O)c1. The van der Waals surface area contributed by atoms with Gasteiger partial charge in [-0.05, 0) is 30.7 Å². The molecule has 0 saturated heterocycles. The second-order valence-corrected chi connectivity index (χ2v) is 4.01. The van der Waals surface area contributed by atoms with Crippen LogP contribution in [0.4, 0.5) is 0 Å². The molecule has 0 spiro atoms. The molecule has 80 valence electrons. The Kier molecular flexibility index (Phi) is 3.02. The summed E-state index contributed by atoms with van der Waals surface area (Å²) in [5.74, 6) is 0. The van der Waals surface area contributed by atoms with Gasteiger partial charge in [0.2, 0.25) is 0 Å². The van der Waals surface area contributed by atoms with Crippen molar-refractivity contribution in [1.29, 1.82) is 0 Å². The molecule has 2 nitrogen and oxygen atoms in total. The molecule has 16 heavy (non-hydrogen) atoms. The zero-order chi connectivity index (χ0) is 11.5. The lowest BCUT2D eigenvalue weighted by Crippen LogP contribution is -1.92. The number of rotatable bonds is 2. The quantitative estimate of drug-likeness (QED) is 0.741. The lowest BCUT2D eigenvalue weighted by Gasteiger charge is -2.04. The number of carbonyl (C=O) groups excluding carboxylic acids is 1. The molecule has 0 atom stereocenters. The van der Waals surface area contributed by atoms with Crippen LogP contribution in [-0.2, 0) is 0 Å². The maximum Gasteiger partial charge on any atom is 0.152 e. The molecule has 2 aromatic rings. The van der Waals surface area contributed by atoms with Crippen LogP contribution < -0.4 is 0 Å². The first-order valence-corrected chi connectivity index (χ1v) is 5.26. The first kappa shape index (κ1) is 10.8. The molecule has 0 fully saturated rings. The van der Waals surface area contributed by atoms with Crippen LogP contribution in [0.15, 0.2) is 36.5 Å². The largest absolute Gasteiger partial charge is 0.298 e. The molecular weight excluding hydrogens is 222 g/mol. The van der Waals surface area contributed by atoms with Gasteiger partial charge in [0.25, 0.3) is 0 Å². The second kappa shape index (κ2) is 4.45. The second-order valence-electron chi connectivity index (χ2n) is 3.58. The Morgan fingerprint density at radius 1 is 1.25 bits per heavy atom. The molecule has 0 amide bonds. The van der Waals surface area contributed by atoms with Crippen LogP contribution in [0.3, 0.4) is 0 Å². The van der Waals surface area contributed by atoms with Crippen LogP contribution in [0, 0.1) is 6.92 Å². The summed E-state index contributed by atoms with van der Waals surface area (Å²) in [6.45, 7) is 1.91. The van der Waals surface area contributed by atoms with E-state index in [2.05, 4.69) is 4.98 Å². The fourth-order valence-electron chi connectivity index (χ4n) is 1.53. The van der Waals surface area contributed by atoms with Crippen molar-refractivity contribution < 1.29 is 4.79 Å². The Morgan fingerprint density at radius 2 is 1.94 bits per heavy atom. The van der Waals surface area contributed by atoms with Gasteiger partial charge in [-0.25, -0.2) is 0 Å².